The zero-order valence-electron chi connectivity index (χ0n) is 15.6. The number of methoxy groups -OCH3 is 3. The third kappa shape index (κ3) is 4.35. The SMILES string of the molecule is CN=C(NCC(C)C(=O)OC)N1CCc2cc(OC)c(OC)cc2C1. The van der Waals surface area contributed by atoms with E-state index in [2.05, 4.69) is 15.2 Å². The number of hydrogen-bond donors (Lipinski definition) is 1. The molecule has 1 aromatic rings. The summed E-state index contributed by atoms with van der Waals surface area (Å²) in [6, 6.07) is 4.06. The summed E-state index contributed by atoms with van der Waals surface area (Å²) >= 11 is 0. The predicted octanol–water partition coefficient (Wildman–Crippen LogP) is 1.45. The van der Waals surface area contributed by atoms with Crippen LogP contribution in [0, 0.1) is 5.92 Å². The molecule has 7 heteroatoms. The number of benzene rings is 1. The van der Waals surface area contributed by atoms with Crippen LogP contribution in [0.15, 0.2) is 17.1 Å². The molecule has 1 atom stereocenters. The van der Waals surface area contributed by atoms with Crippen molar-refractivity contribution in [3.63, 3.8) is 0 Å². The Labute approximate surface area is 149 Å². The maximum Gasteiger partial charge on any atom is 0.310 e. The van der Waals surface area contributed by atoms with Gasteiger partial charge < -0.3 is 24.4 Å². The molecule has 1 heterocycles. The van der Waals surface area contributed by atoms with Crippen molar-refractivity contribution in [3.05, 3.63) is 23.3 Å². The molecule has 0 saturated carbocycles. The van der Waals surface area contributed by atoms with Gasteiger partial charge in [-0.1, -0.05) is 6.92 Å². The van der Waals surface area contributed by atoms with Gasteiger partial charge >= 0.3 is 5.97 Å². The first-order valence-corrected chi connectivity index (χ1v) is 8.31. The van der Waals surface area contributed by atoms with Gasteiger partial charge in [0.05, 0.1) is 27.2 Å². The standard InChI is InChI=1S/C18H27N3O4/c1-12(17(22)25-5)10-20-18(19-2)21-7-6-13-8-15(23-3)16(24-4)9-14(13)11-21/h8-9,12H,6-7,10-11H2,1-5H3,(H,19,20). The van der Waals surface area contributed by atoms with Crippen molar-refractivity contribution in [3.8, 4) is 11.5 Å². The van der Waals surface area contributed by atoms with E-state index < -0.39 is 0 Å². The minimum absolute atomic E-state index is 0.233. The van der Waals surface area contributed by atoms with Crippen molar-refractivity contribution in [1.82, 2.24) is 10.2 Å². The van der Waals surface area contributed by atoms with Crippen molar-refractivity contribution >= 4 is 11.9 Å². The third-order valence-corrected chi connectivity index (χ3v) is 4.40. The Kier molecular flexibility index (Phi) is 6.50. The molecule has 1 aliphatic rings. The number of aliphatic imine (C=N–C) groups is 1. The van der Waals surface area contributed by atoms with Gasteiger partial charge in [0.25, 0.3) is 0 Å². The molecule has 1 N–H and O–H groups in total. The van der Waals surface area contributed by atoms with E-state index in [4.69, 9.17) is 14.2 Å². The normalized spacial score (nSPS) is 15.2. The predicted molar refractivity (Wildman–Crippen MR) is 96.2 cm³/mol. The Morgan fingerprint density at radius 2 is 1.88 bits per heavy atom. The molecule has 0 spiro atoms. The zero-order valence-corrected chi connectivity index (χ0v) is 15.6. The molecule has 1 aromatic carbocycles. The highest BCUT2D eigenvalue weighted by molar-refractivity contribution is 5.81. The van der Waals surface area contributed by atoms with Crippen molar-refractivity contribution in [2.75, 3.05) is 41.5 Å². The Balaban J connectivity index is 2.08. The Hall–Kier alpha value is -2.44. The third-order valence-electron chi connectivity index (χ3n) is 4.40. The number of esters is 1. The second-order valence-corrected chi connectivity index (χ2v) is 6.00. The fourth-order valence-electron chi connectivity index (χ4n) is 2.93. The van der Waals surface area contributed by atoms with Gasteiger partial charge in [0.1, 0.15) is 0 Å². The number of fused-ring (bicyclic) bond motifs is 1. The molecule has 2 rings (SSSR count). The highest BCUT2D eigenvalue weighted by atomic mass is 16.5. The molecule has 0 bridgehead atoms. The highest BCUT2D eigenvalue weighted by Crippen LogP contribution is 2.33. The van der Waals surface area contributed by atoms with Crippen molar-refractivity contribution in [2.45, 2.75) is 19.9 Å². The number of carbonyl (C=O) groups excluding carboxylic acids is 1. The largest absolute Gasteiger partial charge is 0.493 e. The van der Waals surface area contributed by atoms with Crippen molar-refractivity contribution in [2.24, 2.45) is 10.9 Å². The van der Waals surface area contributed by atoms with Crippen LogP contribution in [-0.4, -0.2) is 58.3 Å². The average molecular weight is 349 g/mol. The quantitative estimate of drug-likeness (QED) is 0.493. The summed E-state index contributed by atoms with van der Waals surface area (Å²) < 4.78 is 15.5. The number of carbonyl (C=O) groups is 1. The lowest BCUT2D eigenvalue weighted by atomic mass is 9.99. The summed E-state index contributed by atoms with van der Waals surface area (Å²) in [5.74, 6) is 1.79. The molecule has 0 fully saturated rings. The van der Waals surface area contributed by atoms with Crippen LogP contribution in [0.2, 0.25) is 0 Å². The summed E-state index contributed by atoms with van der Waals surface area (Å²) in [5, 5.41) is 3.26. The smallest absolute Gasteiger partial charge is 0.310 e. The Bertz CT molecular complexity index is 645. The van der Waals surface area contributed by atoms with Crippen molar-refractivity contribution in [1.29, 1.82) is 0 Å². The van der Waals surface area contributed by atoms with E-state index in [1.54, 1.807) is 21.3 Å². The molecule has 1 unspecified atom stereocenters. The minimum atomic E-state index is -0.233. The maximum atomic E-state index is 11.5. The monoisotopic (exact) mass is 349 g/mol. The highest BCUT2D eigenvalue weighted by Gasteiger charge is 2.22. The summed E-state index contributed by atoms with van der Waals surface area (Å²) in [7, 11) is 6.43. The first kappa shape index (κ1) is 18.9. The van der Waals surface area contributed by atoms with Crippen LogP contribution in [0.5, 0.6) is 11.5 Å². The molecule has 0 aromatic heterocycles. The number of ether oxygens (including phenoxy) is 3. The van der Waals surface area contributed by atoms with Crippen LogP contribution in [-0.2, 0) is 22.5 Å². The van der Waals surface area contributed by atoms with Gasteiger partial charge in [-0.25, -0.2) is 0 Å². The number of nitrogens with one attached hydrogen (secondary N) is 1. The van der Waals surface area contributed by atoms with Gasteiger partial charge in [0.15, 0.2) is 17.5 Å². The lowest BCUT2D eigenvalue weighted by Crippen LogP contribution is -2.45. The molecule has 1 aliphatic heterocycles. The Morgan fingerprint density at radius 1 is 1.24 bits per heavy atom. The van der Waals surface area contributed by atoms with Gasteiger partial charge in [-0.2, -0.15) is 0 Å². The van der Waals surface area contributed by atoms with Crippen LogP contribution in [0.1, 0.15) is 18.1 Å². The summed E-state index contributed by atoms with van der Waals surface area (Å²) in [6.45, 7) is 3.88. The topological polar surface area (TPSA) is 72.4 Å². The fraction of sp³-hybridized carbons (Fsp3) is 0.556. The molecule has 0 amide bonds. The zero-order chi connectivity index (χ0) is 18.4. The fourth-order valence-corrected chi connectivity index (χ4v) is 2.93. The van der Waals surface area contributed by atoms with E-state index in [9.17, 15) is 4.79 Å². The molecule has 7 nitrogen and oxygen atoms in total. The Morgan fingerprint density at radius 3 is 2.44 bits per heavy atom. The van der Waals surface area contributed by atoms with E-state index in [-0.39, 0.29) is 11.9 Å². The van der Waals surface area contributed by atoms with Gasteiger partial charge in [-0.05, 0) is 29.7 Å². The summed E-state index contributed by atoms with van der Waals surface area (Å²) in [6.07, 6.45) is 0.892. The van der Waals surface area contributed by atoms with Gasteiger partial charge in [-0.15, -0.1) is 0 Å². The van der Waals surface area contributed by atoms with E-state index >= 15 is 0 Å². The first-order chi connectivity index (χ1) is 12.0. The molecular weight excluding hydrogens is 322 g/mol. The first-order valence-electron chi connectivity index (χ1n) is 8.31. The molecule has 0 aliphatic carbocycles. The number of guanidine groups is 1. The van der Waals surface area contributed by atoms with E-state index in [0.29, 0.717) is 6.54 Å². The molecule has 0 radical (unpaired) electrons. The van der Waals surface area contributed by atoms with E-state index in [1.807, 2.05) is 19.1 Å². The molecular formula is C18H27N3O4. The average Bonchev–Trinajstić information content (AvgIpc) is 2.66. The van der Waals surface area contributed by atoms with Gasteiger partial charge in [0.2, 0.25) is 0 Å². The molecule has 0 saturated heterocycles. The van der Waals surface area contributed by atoms with Crippen LogP contribution in [0.4, 0.5) is 0 Å². The number of nitrogens with zero attached hydrogens (tertiary/aromatic N) is 2. The van der Waals surface area contributed by atoms with Gasteiger partial charge in [-0.3, -0.25) is 9.79 Å². The van der Waals surface area contributed by atoms with Crippen LogP contribution in [0.3, 0.4) is 0 Å². The number of rotatable bonds is 5. The van der Waals surface area contributed by atoms with Crippen LogP contribution < -0.4 is 14.8 Å². The van der Waals surface area contributed by atoms with Gasteiger partial charge in [0, 0.05) is 26.7 Å². The lowest BCUT2D eigenvalue weighted by molar-refractivity contribution is -0.144. The summed E-state index contributed by atoms with van der Waals surface area (Å²) in [5.41, 5.74) is 2.44. The number of hydrogen-bond acceptors (Lipinski definition) is 5. The summed E-state index contributed by atoms with van der Waals surface area (Å²) in [4.78, 5) is 18.0. The second kappa shape index (κ2) is 8.60. The van der Waals surface area contributed by atoms with Crippen LogP contribution in [0.25, 0.3) is 0 Å². The lowest BCUT2D eigenvalue weighted by Gasteiger charge is -2.32. The van der Waals surface area contributed by atoms with E-state index in [0.717, 1.165) is 37.0 Å². The van der Waals surface area contributed by atoms with Crippen LogP contribution >= 0.6 is 0 Å². The maximum absolute atomic E-state index is 11.5. The van der Waals surface area contributed by atoms with Crippen molar-refractivity contribution < 1.29 is 19.0 Å². The van der Waals surface area contributed by atoms with E-state index in [1.165, 1.54) is 18.2 Å². The minimum Gasteiger partial charge on any atom is -0.493 e. The molecule has 25 heavy (non-hydrogen) atoms. The molecule has 138 valence electrons. The second-order valence-electron chi connectivity index (χ2n) is 6.00.